The van der Waals surface area contributed by atoms with Crippen molar-refractivity contribution in [2.45, 2.75) is 231 Å². The zero-order chi connectivity index (χ0) is 28.9. The predicted octanol–water partition coefficient (Wildman–Crippen LogP) is 14.9. The Balaban J connectivity index is 3.01. The molecule has 40 heavy (non-hydrogen) atoms. The Morgan fingerprint density at radius 1 is 0.125 bits per heavy atom. The maximum absolute atomic E-state index is 4.29. The Morgan fingerprint density at radius 3 is 0.275 bits per heavy atom. The van der Waals surface area contributed by atoms with Crippen molar-refractivity contribution in [3.05, 3.63) is 0 Å². The first-order chi connectivity index (χ1) is 19.9. The minimum atomic E-state index is 1.07. The van der Waals surface area contributed by atoms with Gasteiger partial charge in [-0.3, -0.25) is 0 Å². The van der Waals surface area contributed by atoms with E-state index < -0.39 is 0 Å². The number of thiol groups is 2. The van der Waals surface area contributed by atoms with E-state index in [0.717, 1.165) is 11.5 Å². The Kier molecular flexibility index (Phi) is 40.4. The van der Waals surface area contributed by atoms with Gasteiger partial charge in [-0.1, -0.05) is 218 Å². The van der Waals surface area contributed by atoms with Gasteiger partial charge in [-0.2, -0.15) is 25.3 Å². The fourth-order valence-electron chi connectivity index (χ4n) is 6.23. The minimum absolute atomic E-state index is 1.07. The average molecular weight is 599 g/mol. The molecule has 242 valence electrons. The van der Waals surface area contributed by atoms with Crippen molar-refractivity contribution in [3.8, 4) is 0 Å². The molecule has 0 aliphatic heterocycles. The van der Waals surface area contributed by atoms with E-state index in [1.165, 1.54) is 231 Å². The van der Waals surface area contributed by atoms with Crippen LogP contribution in [0.25, 0.3) is 0 Å². The van der Waals surface area contributed by atoms with Crippen molar-refractivity contribution in [2.75, 3.05) is 11.5 Å². The molecular weight excluding hydrogens is 521 g/mol. The van der Waals surface area contributed by atoms with Crippen LogP contribution in [0.1, 0.15) is 231 Å². The summed E-state index contributed by atoms with van der Waals surface area (Å²) in [6, 6.07) is 0. The zero-order valence-electron chi connectivity index (χ0n) is 27.8. The summed E-state index contributed by atoms with van der Waals surface area (Å²) in [5.41, 5.74) is 0. The van der Waals surface area contributed by atoms with Gasteiger partial charge in [-0.15, -0.1) is 0 Å². The molecule has 0 aromatic carbocycles. The first kappa shape index (κ1) is 40.7. The number of rotatable bonds is 37. The van der Waals surface area contributed by atoms with Gasteiger partial charge in [-0.25, -0.2) is 0 Å². The van der Waals surface area contributed by atoms with E-state index >= 15 is 0 Å². The van der Waals surface area contributed by atoms with Crippen LogP contribution in [0.2, 0.25) is 0 Å². The van der Waals surface area contributed by atoms with Gasteiger partial charge in [0.2, 0.25) is 0 Å². The van der Waals surface area contributed by atoms with E-state index in [-0.39, 0.29) is 0 Å². The van der Waals surface area contributed by atoms with Gasteiger partial charge in [0.15, 0.2) is 0 Å². The molecule has 0 heterocycles. The molecule has 0 saturated carbocycles. The highest BCUT2D eigenvalue weighted by Crippen LogP contribution is 2.17. The summed E-state index contributed by atoms with van der Waals surface area (Å²) >= 11 is 8.58. The maximum Gasteiger partial charge on any atom is -0.00979 e. The van der Waals surface area contributed by atoms with E-state index in [1.54, 1.807) is 0 Å². The molecular formula is C38H78S2. The van der Waals surface area contributed by atoms with E-state index in [0.29, 0.717) is 0 Å². The van der Waals surface area contributed by atoms with Crippen LogP contribution in [0.15, 0.2) is 0 Å². The third-order valence-corrected chi connectivity index (χ3v) is 9.70. The normalized spacial score (nSPS) is 11.6. The summed E-state index contributed by atoms with van der Waals surface area (Å²) in [6.07, 6.45) is 52.7. The standard InChI is InChI=1S/C38H78S2/c39-37-35-33-31-29-27-25-23-21-19-17-15-13-11-9-7-5-3-1-2-4-6-8-10-12-14-16-18-20-22-24-26-28-30-32-34-36-38-40/h39-40H,1-38H2. The van der Waals surface area contributed by atoms with Gasteiger partial charge in [0.05, 0.1) is 0 Å². The average Bonchev–Trinajstić information content (AvgIpc) is 2.97. The molecule has 0 radical (unpaired) electrons. The van der Waals surface area contributed by atoms with E-state index in [2.05, 4.69) is 25.3 Å². The van der Waals surface area contributed by atoms with Crippen LogP contribution in [0, 0.1) is 0 Å². The largest absolute Gasteiger partial charge is 0.179 e. The number of hydrogen-bond donors (Lipinski definition) is 2. The summed E-state index contributed by atoms with van der Waals surface area (Å²) in [5, 5.41) is 0. The molecule has 0 unspecified atom stereocenters. The van der Waals surface area contributed by atoms with Crippen LogP contribution in [0.4, 0.5) is 0 Å². The monoisotopic (exact) mass is 599 g/mol. The summed E-state index contributed by atoms with van der Waals surface area (Å²) < 4.78 is 0. The summed E-state index contributed by atoms with van der Waals surface area (Å²) in [7, 11) is 0. The van der Waals surface area contributed by atoms with Gasteiger partial charge >= 0.3 is 0 Å². The molecule has 0 aliphatic carbocycles. The maximum atomic E-state index is 4.29. The van der Waals surface area contributed by atoms with Gasteiger partial charge in [-0.05, 0) is 24.3 Å². The molecule has 0 nitrogen and oxygen atoms in total. The Morgan fingerprint density at radius 2 is 0.200 bits per heavy atom. The molecule has 0 atom stereocenters. The van der Waals surface area contributed by atoms with Crippen molar-refractivity contribution >= 4 is 25.3 Å². The first-order valence-electron chi connectivity index (χ1n) is 19.1. The second-order valence-corrected chi connectivity index (χ2v) is 14.1. The Labute approximate surface area is 267 Å². The molecule has 2 heteroatoms. The van der Waals surface area contributed by atoms with E-state index in [9.17, 15) is 0 Å². The molecule has 0 aromatic rings. The van der Waals surface area contributed by atoms with Crippen LogP contribution in [-0.2, 0) is 0 Å². The minimum Gasteiger partial charge on any atom is -0.179 e. The van der Waals surface area contributed by atoms with Crippen LogP contribution in [0.3, 0.4) is 0 Å². The summed E-state index contributed by atoms with van der Waals surface area (Å²) in [5.74, 6) is 2.14. The molecule has 0 spiro atoms. The first-order valence-corrected chi connectivity index (χ1v) is 20.4. The fourth-order valence-corrected chi connectivity index (χ4v) is 6.68. The summed E-state index contributed by atoms with van der Waals surface area (Å²) in [6.45, 7) is 0. The second-order valence-electron chi connectivity index (χ2n) is 13.2. The van der Waals surface area contributed by atoms with Crippen molar-refractivity contribution in [1.29, 1.82) is 0 Å². The number of unbranched alkanes of at least 4 members (excludes halogenated alkanes) is 35. The van der Waals surface area contributed by atoms with Crippen molar-refractivity contribution in [2.24, 2.45) is 0 Å². The lowest BCUT2D eigenvalue weighted by Crippen LogP contribution is -1.85. The highest BCUT2D eigenvalue weighted by atomic mass is 32.1. The van der Waals surface area contributed by atoms with E-state index in [4.69, 9.17) is 0 Å². The predicted molar refractivity (Wildman–Crippen MR) is 194 cm³/mol. The highest BCUT2D eigenvalue weighted by Gasteiger charge is 1.97. The lowest BCUT2D eigenvalue weighted by Gasteiger charge is -2.05. The molecule has 0 saturated heterocycles. The lowest BCUT2D eigenvalue weighted by molar-refractivity contribution is 0.511. The third kappa shape index (κ3) is 38.7. The van der Waals surface area contributed by atoms with Gasteiger partial charge in [0.25, 0.3) is 0 Å². The molecule has 0 aromatic heterocycles. The van der Waals surface area contributed by atoms with Gasteiger partial charge < -0.3 is 0 Å². The molecule has 0 fully saturated rings. The lowest BCUT2D eigenvalue weighted by atomic mass is 10.0. The SMILES string of the molecule is SCCCCCCCCCCCCCCCCCCCCCCCCCCCCCCCCCCCCCCS. The highest BCUT2D eigenvalue weighted by molar-refractivity contribution is 7.80. The van der Waals surface area contributed by atoms with Crippen molar-refractivity contribution in [3.63, 3.8) is 0 Å². The Bertz CT molecular complexity index is 372. The van der Waals surface area contributed by atoms with Crippen LogP contribution < -0.4 is 0 Å². The number of hydrogen-bond acceptors (Lipinski definition) is 2. The van der Waals surface area contributed by atoms with E-state index in [1.807, 2.05) is 0 Å². The third-order valence-electron chi connectivity index (χ3n) is 9.07. The topological polar surface area (TPSA) is 0 Å². The van der Waals surface area contributed by atoms with Crippen molar-refractivity contribution < 1.29 is 0 Å². The smallest absolute Gasteiger partial charge is 0.00979 e. The van der Waals surface area contributed by atoms with Crippen molar-refractivity contribution in [1.82, 2.24) is 0 Å². The quantitative estimate of drug-likeness (QED) is 0.0515. The summed E-state index contributed by atoms with van der Waals surface area (Å²) in [4.78, 5) is 0. The van der Waals surface area contributed by atoms with Gasteiger partial charge in [0, 0.05) is 0 Å². The van der Waals surface area contributed by atoms with Crippen LogP contribution in [-0.4, -0.2) is 11.5 Å². The molecule has 0 bridgehead atoms. The Hall–Kier alpha value is 0.700. The van der Waals surface area contributed by atoms with Crippen LogP contribution >= 0.6 is 25.3 Å². The van der Waals surface area contributed by atoms with Gasteiger partial charge in [0.1, 0.15) is 0 Å². The molecule has 0 rings (SSSR count). The fraction of sp³-hybridized carbons (Fsp3) is 1.00. The second kappa shape index (κ2) is 39.7. The zero-order valence-corrected chi connectivity index (χ0v) is 29.6. The molecule has 0 amide bonds. The molecule has 0 N–H and O–H groups in total. The molecule has 0 aliphatic rings. The van der Waals surface area contributed by atoms with Crippen LogP contribution in [0.5, 0.6) is 0 Å².